The topological polar surface area (TPSA) is 50.9 Å². The third kappa shape index (κ3) is 2.22. The molecule has 0 unspecified atom stereocenters. The Hall–Kier alpha value is -1.01. The van der Waals surface area contributed by atoms with Crippen LogP contribution in [0.2, 0.25) is 5.02 Å². The second-order valence-corrected chi connectivity index (χ2v) is 2.58. The van der Waals surface area contributed by atoms with Crippen molar-refractivity contribution in [1.29, 1.82) is 0 Å². The highest BCUT2D eigenvalue weighted by Gasteiger charge is 2.35. The van der Waals surface area contributed by atoms with Crippen LogP contribution in [0.1, 0.15) is 5.69 Å². The third-order valence-corrected chi connectivity index (χ3v) is 1.57. The van der Waals surface area contributed by atoms with E-state index in [9.17, 15) is 13.2 Å². The Bertz CT molecular complexity index is 312. The molecule has 0 amide bonds. The summed E-state index contributed by atoms with van der Waals surface area (Å²) in [5.74, 6) is 4.80. The number of hydrogen-bond donors (Lipinski definition) is 2. The summed E-state index contributed by atoms with van der Waals surface area (Å²) in [6.07, 6.45) is -4.57. The lowest BCUT2D eigenvalue weighted by Crippen LogP contribution is -2.14. The molecule has 0 atom stereocenters. The zero-order valence-electron chi connectivity index (χ0n) is 6.19. The van der Waals surface area contributed by atoms with Crippen LogP contribution in [0.4, 0.5) is 19.0 Å². The summed E-state index contributed by atoms with van der Waals surface area (Å²) in [6, 6.07) is 2.32. The van der Waals surface area contributed by atoms with Crippen molar-refractivity contribution in [1.82, 2.24) is 4.98 Å². The summed E-state index contributed by atoms with van der Waals surface area (Å²) < 4.78 is 36.4. The van der Waals surface area contributed by atoms with E-state index in [0.29, 0.717) is 0 Å². The molecule has 0 spiro atoms. The highest BCUT2D eigenvalue weighted by Crippen LogP contribution is 2.33. The van der Waals surface area contributed by atoms with Crippen molar-refractivity contribution < 1.29 is 13.2 Å². The van der Waals surface area contributed by atoms with Crippen molar-refractivity contribution in [2.75, 3.05) is 5.43 Å². The molecular weight excluding hydrogens is 207 g/mol. The van der Waals surface area contributed by atoms with E-state index < -0.39 is 16.9 Å². The molecule has 0 saturated heterocycles. The minimum atomic E-state index is -4.57. The molecule has 72 valence electrons. The van der Waals surface area contributed by atoms with E-state index in [1.54, 1.807) is 0 Å². The second-order valence-electron chi connectivity index (χ2n) is 2.17. The van der Waals surface area contributed by atoms with Crippen LogP contribution in [0.5, 0.6) is 0 Å². The van der Waals surface area contributed by atoms with E-state index in [0.717, 1.165) is 6.07 Å². The average molecular weight is 212 g/mol. The minimum Gasteiger partial charge on any atom is -0.308 e. The van der Waals surface area contributed by atoms with Gasteiger partial charge in [0.15, 0.2) is 5.69 Å². The summed E-state index contributed by atoms with van der Waals surface area (Å²) in [5.41, 5.74) is 0.848. The van der Waals surface area contributed by atoms with E-state index >= 15 is 0 Å². The summed E-state index contributed by atoms with van der Waals surface area (Å²) in [4.78, 5) is 3.17. The van der Waals surface area contributed by atoms with Gasteiger partial charge in [0.05, 0.1) is 5.02 Å². The molecule has 0 aliphatic heterocycles. The number of alkyl halides is 3. The smallest absolute Gasteiger partial charge is 0.308 e. The molecule has 13 heavy (non-hydrogen) atoms. The summed E-state index contributed by atoms with van der Waals surface area (Å²) in [7, 11) is 0. The van der Waals surface area contributed by atoms with Gasteiger partial charge in [-0.25, -0.2) is 10.8 Å². The maximum atomic E-state index is 12.1. The Morgan fingerprint density at radius 3 is 2.46 bits per heavy atom. The molecule has 1 heterocycles. The predicted molar refractivity (Wildman–Crippen MR) is 42.1 cm³/mol. The summed E-state index contributed by atoms with van der Waals surface area (Å²) in [5, 5.41) is -0.452. The van der Waals surface area contributed by atoms with Gasteiger partial charge in [0.25, 0.3) is 0 Å². The average Bonchev–Trinajstić information content (AvgIpc) is 2.03. The number of rotatable bonds is 1. The van der Waals surface area contributed by atoms with Crippen LogP contribution in [0.3, 0.4) is 0 Å². The van der Waals surface area contributed by atoms with E-state index in [1.807, 2.05) is 5.43 Å². The largest absolute Gasteiger partial charge is 0.434 e. The molecule has 1 rings (SSSR count). The van der Waals surface area contributed by atoms with Crippen molar-refractivity contribution >= 4 is 17.4 Å². The number of halogens is 4. The lowest BCUT2D eigenvalue weighted by Gasteiger charge is -2.08. The molecule has 1 aromatic rings. The molecule has 7 heteroatoms. The van der Waals surface area contributed by atoms with Crippen LogP contribution in [0, 0.1) is 0 Å². The molecular formula is C6H5ClF3N3. The number of anilines is 1. The maximum Gasteiger partial charge on any atom is 0.434 e. The van der Waals surface area contributed by atoms with Gasteiger partial charge in [-0.05, 0) is 12.1 Å². The number of hydrogen-bond acceptors (Lipinski definition) is 3. The van der Waals surface area contributed by atoms with Gasteiger partial charge in [-0.3, -0.25) is 0 Å². The lowest BCUT2D eigenvalue weighted by atomic mass is 10.3. The molecule has 3 nitrogen and oxygen atoms in total. The second kappa shape index (κ2) is 3.39. The molecule has 0 aliphatic carbocycles. The van der Waals surface area contributed by atoms with E-state index in [4.69, 9.17) is 17.4 Å². The number of nitrogens with zero attached hydrogens (tertiary/aromatic N) is 1. The van der Waals surface area contributed by atoms with Crippen LogP contribution in [-0.4, -0.2) is 4.98 Å². The highest BCUT2D eigenvalue weighted by atomic mass is 35.5. The Labute approximate surface area is 76.7 Å². The number of nitrogen functional groups attached to an aromatic ring is 1. The van der Waals surface area contributed by atoms with Gasteiger partial charge in [-0.2, -0.15) is 13.2 Å². The fraction of sp³-hybridized carbons (Fsp3) is 0.167. The van der Waals surface area contributed by atoms with Crippen LogP contribution in [0.25, 0.3) is 0 Å². The molecule has 0 aliphatic rings. The number of nitrogens with one attached hydrogen (secondary N) is 1. The number of aromatic nitrogens is 1. The molecule has 0 bridgehead atoms. The standard InChI is InChI=1S/C6H5ClF3N3/c7-3-1-2-4(13-11)12-5(3)6(8,9)10/h1-2H,11H2,(H,12,13). The first-order chi connectivity index (χ1) is 5.95. The quantitative estimate of drug-likeness (QED) is 0.552. The summed E-state index contributed by atoms with van der Waals surface area (Å²) in [6.45, 7) is 0. The Kier molecular flexibility index (Phi) is 2.63. The minimum absolute atomic E-state index is 0.0864. The Balaban J connectivity index is 3.19. The predicted octanol–water partition coefficient (Wildman–Crippen LogP) is 2.04. The van der Waals surface area contributed by atoms with Crippen LogP contribution < -0.4 is 11.3 Å². The van der Waals surface area contributed by atoms with E-state index in [2.05, 4.69) is 4.98 Å². The SMILES string of the molecule is NNc1ccc(Cl)c(C(F)(F)F)n1. The van der Waals surface area contributed by atoms with Gasteiger partial charge in [0.1, 0.15) is 5.82 Å². The van der Waals surface area contributed by atoms with Gasteiger partial charge in [-0.15, -0.1) is 0 Å². The Morgan fingerprint density at radius 2 is 2.00 bits per heavy atom. The van der Waals surface area contributed by atoms with Crippen LogP contribution in [0.15, 0.2) is 12.1 Å². The zero-order valence-corrected chi connectivity index (χ0v) is 6.95. The van der Waals surface area contributed by atoms with Crippen molar-refractivity contribution in [2.24, 2.45) is 5.84 Å². The fourth-order valence-electron chi connectivity index (χ4n) is 0.721. The first-order valence-corrected chi connectivity index (χ1v) is 3.53. The molecule has 0 aromatic carbocycles. The van der Waals surface area contributed by atoms with Crippen molar-refractivity contribution in [3.8, 4) is 0 Å². The maximum absolute atomic E-state index is 12.1. The molecule has 0 saturated carbocycles. The van der Waals surface area contributed by atoms with Gasteiger partial charge in [-0.1, -0.05) is 11.6 Å². The third-order valence-electron chi connectivity index (χ3n) is 1.26. The molecule has 1 aromatic heterocycles. The fourth-order valence-corrected chi connectivity index (χ4v) is 0.934. The van der Waals surface area contributed by atoms with Gasteiger partial charge in [0, 0.05) is 0 Å². The Morgan fingerprint density at radius 1 is 1.38 bits per heavy atom. The van der Waals surface area contributed by atoms with Crippen molar-refractivity contribution in [2.45, 2.75) is 6.18 Å². The van der Waals surface area contributed by atoms with Gasteiger partial charge in [0.2, 0.25) is 0 Å². The zero-order chi connectivity index (χ0) is 10.1. The number of hydrazine groups is 1. The van der Waals surface area contributed by atoms with Gasteiger partial charge >= 0.3 is 6.18 Å². The van der Waals surface area contributed by atoms with Gasteiger partial charge < -0.3 is 5.43 Å². The van der Waals surface area contributed by atoms with E-state index in [1.165, 1.54) is 6.07 Å². The monoisotopic (exact) mass is 211 g/mol. The lowest BCUT2D eigenvalue weighted by molar-refractivity contribution is -0.140. The molecule has 0 fully saturated rings. The molecule has 0 radical (unpaired) electrons. The number of pyridine rings is 1. The first kappa shape index (κ1) is 10.1. The van der Waals surface area contributed by atoms with Crippen LogP contribution in [-0.2, 0) is 6.18 Å². The van der Waals surface area contributed by atoms with Crippen molar-refractivity contribution in [3.05, 3.63) is 22.8 Å². The van der Waals surface area contributed by atoms with E-state index in [-0.39, 0.29) is 5.82 Å². The summed E-state index contributed by atoms with van der Waals surface area (Å²) >= 11 is 5.29. The van der Waals surface area contributed by atoms with Crippen LogP contribution >= 0.6 is 11.6 Å². The van der Waals surface area contributed by atoms with Crippen molar-refractivity contribution in [3.63, 3.8) is 0 Å². The highest BCUT2D eigenvalue weighted by molar-refractivity contribution is 6.31. The molecule has 3 N–H and O–H groups in total. The normalized spacial score (nSPS) is 11.5. The first-order valence-electron chi connectivity index (χ1n) is 3.15. The number of nitrogens with two attached hydrogens (primary N) is 1.